The van der Waals surface area contributed by atoms with Crippen LogP contribution in [0.5, 0.6) is 0 Å². The third kappa shape index (κ3) is 4.04. The highest BCUT2D eigenvalue weighted by Crippen LogP contribution is 2.41. The number of amides is 1. The van der Waals surface area contributed by atoms with E-state index in [0.29, 0.717) is 12.3 Å². The van der Waals surface area contributed by atoms with Gasteiger partial charge in [0.25, 0.3) is 0 Å². The van der Waals surface area contributed by atoms with Crippen LogP contribution in [0.2, 0.25) is 0 Å². The van der Waals surface area contributed by atoms with Gasteiger partial charge in [0, 0.05) is 32.6 Å². The summed E-state index contributed by atoms with van der Waals surface area (Å²) in [6.07, 6.45) is 2.88. The fourth-order valence-corrected chi connectivity index (χ4v) is 2.41. The molecule has 20 heavy (non-hydrogen) atoms. The lowest BCUT2D eigenvalue weighted by Crippen LogP contribution is -2.36. The number of carbonyl (C=O) groups is 1. The van der Waals surface area contributed by atoms with Crippen molar-refractivity contribution < 1.29 is 9.18 Å². The van der Waals surface area contributed by atoms with Crippen LogP contribution in [-0.4, -0.2) is 30.9 Å². The first-order valence-corrected chi connectivity index (χ1v) is 7.19. The second-order valence-electron chi connectivity index (χ2n) is 5.93. The van der Waals surface area contributed by atoms with Gasteiger partial charge in [-0.25, -0.2) is 4.39 Å². The van der Waals surface area contributed by atoms with Crippen LogP contribution in [0.25, 0.3) is 0 Å². The van der Waals surface area contributed by atoms with Gasteiger partial charge in [0.15, 0.2) is 0 Å². The number of carbonyl (C=O) groups excluding carboxylic acids is 1. The molecule has 1 aromatic rings. The zero-order valence-electron chi connectivity index (χ0n) is 12.4. The number of nitrogens with zero attached hydrogens (tertiary/aromatic N) is 1. The molecule has 0 saturated heterocycles. The van der Waals surface area contributed by atoms with Crippen LogP contribution < -0.4 is 5.32 Å². The minimum absolute atomic E-state index is 0.112. The Balaban J connectivity index is 1.99. The maximum Gasteiger partial charge on any atom is 0.223 e. The molecule has 1 saturated carbocycles. The lowest BCUT2D eigenvalue weighted by molar-refractivity contribution is -0.129. The number of rotatable bonds is 6. The molecule has 1 aromatic carbocycles. The predicted octanol–water partition coefficient (Wildman–Crippen LogP) is 2.73. The van der Waals surface area contributed by atoms with Gasteiger partial charge in [0.05, 0.1) is 0 Å². The SMILES string of the molecule is C[C@H](CC(=O)N(C)C)N[C@@H](c1ccc(F)cc1)C1CC1. The lowest BCUT2D eigenvalue weighted by Gasteiger charge is -2.24. The molecule has 4 heteroatoms. The van der Waals surface area contributed by atoms with Gasteiger partial charge in [-0.1, -0.05) is 12.1 Å². The largest absolute Gasteiger partial charge is 0.349 e. The number of halogens is 1. The van der Waals surface area contributed by atoms with Crippen molar-refractivity contribution in [3.63, 3.8) is 0 Å². The fraction of sp³-hybridized carbons (Fsp3) is 0.562. The van der Waals surface area contributed by atoms with Crippen molar-refractivity contribution in [3.8, 4) is 0 Å². The van der Waals surface area contributed by atoms with Gasteiger partial charge in [0.1, 0.15) is 5.82 Å². The highest BCUT2D eigenvalue weighted by molar-refractivity contribution is 5.76. The zero-order chi connectivity index (χ0) is 14.7. The quantitative estimate of drug-likeness (QED) is 0.868. The first-order valence-electron chi connectivity index (χ1n) is 7.19. The molecule has 2 atom stereocenters. The summed E-state index contributed by atoms with van der Waals surface area (Å²) in [5.74, 6) is 0.523. The average molecular weight is 278 g/mol. The molecule has 0 bridgehead atoms. The van der Waals surface area contributed by atoms with E-state index in [4.69, 9.17) is 0 Å². The van der Waals surface area contributed by atoms with Crippen molar-refractivity contribution in [2.24, 2.45) is 5.92 Å². The van der Waals surface area contributed by atoms with E-state index in [1.165, 1.54) is 25.0 Å². The normalized spacial score (nSPS) is 17.6. The molecule has 0 aromatic heterocycles. The van der Waals surface area contributed by atoms with Gasteiger partial charge in [-0.15, -0.1) is 0 Å². The second-order valence-corrected chi connectivity index (χ2v) is 5.93. The minimum Gasteiger partial charge on any atom is -0.349 e. The summed E-state index contributed by atoms with van der Waals surface area (Å²) in [6.45, 7) is 2.03. The summed E-state index contributed by atoms with van der Waals surface area (Å²) in [4.78, 5) is 13.4. The van der Waals surface area contributed by atoms with Crippen LogP contribution in [0.15, 0.2) is 24.3 Å². The Labute approximate surface area is 120 Å². The van der Waals surface area contributed by atoms with Gasteiger partial charge < -0.3 is 10.2 Å². The van der Waals surface area contributed by atoms with E-state index >= 15 is 0 Å². The molecule has 1 amide bonds. The van der Waals surface area contributed by atoms with Crippen molar-refractivity contribution in [2.45, 2.75) is 38.3 Å². The molecule has 3 nitrogen and oxygen atoms in total. The fourth-order valence-electron chi connectivity index (χ4n) is 2.41. The lowest BCUT2D eigenvalue weighted by atomic mass is 10.0. The van der Waals surface area contributed by atoms with Gasteiger partial charge >= 0.3 is 0 Å². The maximum absolute atomic E-state index is 13.0. The van der Waals surface area contributed by atoms with Crippen LogP contribution in [0.4, 0.5) is 4.39 Å². The van der Waals surface area contributed by atoms with Crippen molar-refractivity contribution in [1.29, 1.82) is 0 Å². The second kappa shape index (κ2) is 6.35. The Morgan fingerprint density at radius 2 is 1.95 bits per heavy atom. The molecule has 0 radical (unpaired) electrons. The summed E-state index contributed by atoms with van der Waals surface area (Å²) < 4.78 is 13.0. The Morgan fingerprint density at radius 1 is 1.35 bits per heavy atom. The van der Waals surface area contributed by atoms with E-state index in [2.05, 4.69) is 5.32 Å². The monoisotopic (exact) mass is 278 g/mol. The molecular weight excluding hydrogens is 255 g/mol. The molecular formula is C16H23FN2O. The van der Waals surface area contributed by atoms with Crippen LogP contribution >= 0.6 is 0 Å². The van der Waals surface area contributed by atoms with Gasteiger partial charge in [-0.2, -0.15) is 0 Å². The third-order valence-corrected chi connectivity index (χ3v) is 3.77. The van der Waals surface area contributed by atoms with E-state index < -0.39 is 0 Å². The van der Waals surface area contributed by atoms with E-state index in [1.54, 1.807) is 19.0 Å². The topological polar surface area (TPSA) is 32.3 Å². The molecule has 2 rings (SSSR count). The van der Waals surface area contributed by atoms with Crippen LogP contribution in [-0.2, 0) is 4.79 Å². The Kier molecular flexibility index (Phi) is 4.76. The summed E-state index contributed by atoms with van der Waals surface area (Å²) >= 11 is 0. The van der Waals surface area contributed by atoms with Crippen molar-refractivity contribution in [1.82, 2.24) is 10.2 Å². The number of hydrogen-bond acceptors (Lipinski definition) is 2. The molecule has 1 aliphatic rings. The predicted molar refractivity (Wildman–Crippen MR) is 77.8 cm³/mol. The van der Waals surface area contributed by atoms with Crippen molar-refractivity contribution in [2.75, 3.05) is 14.1 Å². The van der Waals surface area contributed by atoms with E-state index in [1.807, 2.05) is 19.1 Å². The first-order chi connectivity index (χ1) is 9.47. The van der Waals surface area contributed by atoms with E-state index in [-0.39, 0.29) is 23.8 Å². The molecule has 0 unspecified atom stereocenters. The Hall–Kier alpha value is -1.42. The Morgan fingerprint density at radius 3 is 2.45 bits per heavy atom. The van der Waals surface area contributed by atoms with Gasteiger partial charge in [0.2, 0.25) is 5.91 Å². The Bertz CT molecular complexity index is 454. The number of benzene rings is 1. The zero-order valence-corrected chi connectivity index (χ0v) is 12.4. The molecule has 1 fully saturated rings. The smallest absolute Gasteiger partial charge is 0.223 e. The molecule has 1 aliphatic carbocycles. The van der Waals surface area contributed by atoms with Gasteiger partial charge in [-0.3, -0.25) is 4.79 Å². The third-order valence-electron chi connectivity index (χ3n) is 3.77. The molecule has 1 N–H and O–H groups in total. The van der Waals surface area contributed by atoms with Crippen molar-refractivity contribution >= 4 is 5.91 Å². The minimum atomic E-state index is -0.209. The molecule has 0 spiro atoms. The van der Waals surface area contributed by atoms with Crippen LogP contribution in [0.3, 0.4) is 0 Å². The highest BCUT2D eigenvalue weighted by atomic mass is 19.1. The van der Waals surface area contributed by atoms with E-state index in [0.717, 1.165) is 5.56 Å². The molecule has 0 aliphatic heterocycles. The van der Waals surface area contributed by atoms with E-state index in [9.17, 15) is 9.18 Å². The summed E-state index contributed by atoms with van der Waals surface area (Å²) in [5, 5.41) is 3.53. The highest BCUT2D eigenvalue weighted by Gasteiger charge is 2.33. The van der Waals surface area contributed by atoms with Crippen LogP contribution in [0, 0.1) is 11.7 Å². The average Bonchev–Trinajstić information content (AvgIpc) is 3.21. The number of nitrogens with one attached hydrogen (secondary N) is 1. The van der Waals surface area contributed by atoms with Gasteiger partial charge in [-0.05, 0) is 43.4 Å². The molecule has 110 valence electrons. The summed E-state index contributed by atoms with van der Waals surface area (Å²) in [7, 11) is 3.54. The van der Waals surface area contributed by atoms with Crippen molar-refractivity contribution in [3.05, 3.63) is 35.6 Å². The summed E-state index contributed by atoms with van der Waals surface area (Å²) in [5.41, 5.74) is 1.11. The van der Waals surface area contributed by atoms with Crippen LogP contribution in [0.1, 0.15) is 37.8 Å². The first kappa shape index (κ1) is 15.0. The standard InChI is InChI=1S/C16H23FN2O/c1-11(10-15(20)19(2)3)18-16(12-4-5-12)13-6-8-14(17)9-7-13/h6-9,11-12,16,18H,4-5,10H2,1-3H3/t11-,16-/m1/s1. The number of hydrogen-bond donors (Lipinski definition) is 1. The maximum atomic E-state index is 13.0. The summed E-state index contributed by atoms with van der Waals surface area (Å²) in [6, 6.07) is 7.02. The molecule has 0 heterocycles.